The van der Waals surface area contributed by atoms with Crippen molar-refractivity contribution in [3.8, 4) is 0 Å². The summed E-state index contributed by atoms with van der Waals surface area (Å²) in [4.78, 5) is 11.6. The fourth-order valence-electron chi connectivity index (χ4n) is 2.08. The number of primary sulfonamides is 1. The maximum absolute atomic E-state index is 11.9. The first-order chi connectivity index (χ1) is 11.2. The topological polar surface area (TPSA) is 151 Å². The zero-order valence-electron chi connectivity index (χ0n) is 12.8. The van der Waals surface area contributed by atoms with Gasteiger partial charge in [0.15, 0.2) is 5.96 Å². The summed E-state index contributed by atoms with van der Waals surface area (Å²) in [6.07, 6.45) is 0. The van der Waals surface area contributed by atoms with Gasteiger partial charge in [-0.3, -0.25) is 15.5 Å². The minimum Gasteiger partial charge on any atom is -0.370 e. The molecule has 7 N–H and O–H groups in total. The van der Waals surface area contributed by atoms with Crippen molar-refractivity contribution >= 4 is 33.3 Å². The predicted octanol–water partition coefficient (Wildman–Crippen LogP) is 1.01. The fraction of sp³-hybridized carbons (Fsp3) is 0.0667. The van der Waals surface area contributed by atoms with Crippen molar-refractivity contribution in [3.05, 3.63) is 53.6 Å². The van der Waals surface area contributed by atoms with Crippen molar-refractivity contribution in [2.75, 3.05) is 5.32 Å². The highest BCUT2D eigenvalue weighted by molar-refractivity contribution is 7.89. The molecule has 2 rings (SSSR count). The Hall–Kier alpha value is -2.91. The lowest BCUT2D eigenvalue weighted by Crippen LogP contribution is -2.35. The highest BCUT2D eigenvalue weighted by Gasteiger charge is 2.18. The standard InChI is InChI=1S/C15H17N5O3S/c1-9-3-2-4-11(7-9)19-12-6-5-10(14(21)20-15(16)17)8-13(12)24(18,22)23/h2-8,19H,1H3,(H2,18,22,23)(H4,16,17,20,21). The van der Waals surface area contributed by atoms with Gasteiger partial charge in [-0.15, -0.1) is 0 Å². The number of amides is 1. The Bertz CT molecular complexity index is 909. The van der Waals surface area contributed by atoms with Crippen molar-refractivity contribution < 1.29 is 13.2 Å². The number of hydrogen-bond donors (Lipinski definition) is 5. The minimum atomic E-state index is -4.08. The van der Waals surface area contributed by atoms with Gasteiger partial charge < -0.3 is 11.1 Å². The van der Waals surface area contributed by atoms with Crippen LogP contribution in [0.4, 0.5) is 11.4 Å². The molecule has 0 unspecified atom stereocenters. The normalized spacial score (nSPS) is 10.9. The molecular weight excluding hydrogens is 330 g/mol. The van der Waals surface area contributed by atoms with Crippen LogP contribution in [0.2, 0.25) is 0 Å². The first kappa shape index (κ1) is 17.4. The number of sulfonamides is 1. The summed E-state index contributed by atoms with van der Waals surface area (Å²) in [7, 11) is -4.08. The average Bonchev–Trinajstić information content (AvgIpc) is 2.45. The number of aryl methyl sites for hydroxylation is 1. The van der Waals surface area contributed by atoms with Crippen LogP contribution in [-0.2, 0) is 10.0 Å². The van der Waals surface area contributed by atoms with E-state index in [1.165, 1.54) is 12.1 Å². The second-order valence-electron chi connectivity index (χ2n) is 5.12. The lowest BCUT2D eigenvalue weighted by Gasteiger charge is -2.13. The molecule has 0 fully saturated rings. The number of nitrogens with one attached hydrogen (secondary N) is 3. The summed E-state index contributed by atoms with van der Waals surface area (Å²) < 4.78 is 23.7. The van der Waals surface area contributed by atoms with Crippen LogP contribution in [0.25, 0.3) is 0 Å². The summed E-state index contributed by atoms with van der Waals surface area (Å²) in [5, 5.41) is 17.3. The molecule has 24 heavy (non-hydrogen) atoms. The summed E-state index contributed by atoms with van der Waals surface area (Å²) in [6.45, 7) is 1.90. The molecule has 0 heterocycles. The largest absolute Gasteiger partial charge is 0.370 e. The van der Waals surface area contributed by atoms with Gasteiger partial charge in [0.25, 0.3) is 5.91 Å². The maximum Gasteiger partial charge on any atom is 0.257 e. The lowest BCUT2D eigenvalue weighted by molar-refractivity contribution is 0.0976. The van der Waals surface area contributed by atoms with E-state index >= 15 is 0 Å². The number of carbonyl (C=O) groups is 1. The first-order valence-electron chi connectivity index (χ1n) is 6.83. The lowest BCUT2D eigenvalue weighted by atomic mass is 10.1. The third-order valence-corrected chi connectivity index (χ3v) is 4.05. The Kier molecular flexibility index (Phi) is 4.86. The Morgan fingerprint density at radius 3 is 2.46 bits per heavy atom. The molecule has 0 aliphatic carbocycles. The molecule has 0 saturated heterocycles. The van der Waals surface area contributed by atoms with Crippen molar-refractivity contribution in [2.45, 2.75) is 11.8 Å². The van der Waals surface area contributed by atoms with E-state index in [0.717, 1.165) is 11.6 Å². The number of benzene rings is 2. The van der Waals surface area contributed by atoms with Crippen molar-refractivity contribution in [1.29, 1.82) is 5.41 Å². The number of carbonyl (C=O) groups excluding carboxylic acids is 1. The van der Waals surface area contributed by atoms with Gasteiger partial charge in [-0.1, -0.05) is 12.1 Å². The maximum atomic E-state index is 11.9. The zero-order chi connectivity index (χ0) is 17.9. The molecule has 9 heteroatoms. The monoisotopic (exact) mass is 347 g/mol. The quantitative estimate of drug-likeness (QED) is 0.413. The van der Waals surface area contributed by atoms with Gasteiger partial charge in [-0.25, -0.2) is 13.6 Å². The first-order valence-corrected chi connectivity index (χ1v) is 8.37. The number of anilines is 2. The predicted molar refractivity (Wildman–Crippen MR) is 91.7 cm³/mol. The number of rotatable bonds is 4. The summed E-state index contributed by atoms with van der Waals surface area (Å²) in [5.41, 5.74) is 7.03. The molecule has 8 nitrogen and oxygen atoms in total. The second kappa shape index (κ2) is 6.69. The van der Waals surface area contributed by atoms with Crippen molar-refractivity contribution in [1.82, 2.24) is 5.32 Å². The van der Waals surface area contributed by atoms with E-state index in [0.29, 0.717) is 5.69 Å². The van der Waals surface area contributed by atoms with Crippen LogP contribution in [0.1, 0.15) is 15.9 Å². The number of hydrogen-bond acceptors (Lipinski definition) is 5. The molecule has 126 valence electrons. The van der Waals surface area contributed by atoms with Gasteiger partial charge in [-0.2, -0.15) is 0 Å². The molecule has 0 aromatic heterocycles. The SMILES string of the molecule is Cc1cccc(Nc2ccc(C(=O)NC(=N)N)cc2S(N)(=O)=O)c1. The van der Waals surface area contributed by atoms with E-state index in [9.17, 15) is 13.2 Å². The number of nitrogens with two attached hydrogens (primary N) is 2. The van der Waals surface area contributed by atoms with Crippen LogP contribution < -0.4 is 21.5 Å². The second-order valence-corrected chi connectivity index (χ2v) is 6.65. The Morgan fingerprint density at radius 2 is 1.88 bits per heavy atom. The van der Waals surface area contributed by atoms with Crippen LogP contribution in [0.15, 0.2) is 47.4 Å². The van der Waals surface area contributed by atoms with Gasteiger partial charge in [-0.05, 0) is 42.8 Å². The molecule has 0 atom stereocenters. The molecule has 1 amide bonds. The van der Waals surface area contributed by atoms with Gasteiger partial charge >= 0.3 is 0 Å². The van der Waals surface area contributed by atoms with Crippen LogP contribution in [-0.4, -0.2) is 20.3 Å². The Morgan fingerprint density at radius 1 is 1.17 bits per heavy atom. The van der Waals surface area contributed by atoms with Crippen LogP contribution in [0, 0.1) is 12.3 Å². The zero-order valence-corrected chi connectivity index (χ0v) is 13.6. The van der Waals surface area contributed by atoms with Gasteiger partial charge in [0, 0.05) is 11.3 Å². The van der Waals surface area contributed by atoms with E-state index in [1.54, 1.807) is 6.07 Å². The minimum absolute atomic E-state index is 0.0176. The van der Waals surface area contributed by atoms with Gasteiger partial charge in [0.2, 0.25) is 10.0 Å². The van der Waals surface area contributed by atoms with Crippen LogP contribution in [0.5, 0.6) is 0 Å². The van der Waals surface area contributed by atoms with Gasteiger partial charge in [0.1, 0.15) is 4.90 Å². The van der Waals surface area contributed by atoms with E-state index < -0.39 is 21.9 Å². The summed E-state index contributed by atoms with van der Waals surface area (Å²) >= 11 is 0. The molecule has 2 aromatic carbocycles. The van der Waals surface area contributed by atoms with Crippen molar-refractivity contribution in [3.63, 3.8) is 0 Å². The smallest absolute Gasteiger partial charge is 0.257 e. The Balaban J connectivity index is 2.45. The Labute approximate surface area is 139 Å². The highest BCUT2D eigenvalue weighted by atomic mass is 32.2. The molecule has 0 radical (unpaired) electrons. The molecule has 0 aliphatic rings. The molecule has 0 saturated carbocycles. The molecule has 0 aliphatic heterocycles. The van der Waals surface area contributed by atoms with E-state index in [1.807, 2.05) is 25.1 Å². The fourth-order valence-corrected chi connectivity index (χ4v) is 2.79. The summed E-state index contributed by atoms with van der Waals surface area (Å²) in [6, 6.07) is 11.3. The molecular formula is C15H17N5O3S. The third kappa shape index (κ3) is 4.31. The van der Waals surface area contributed by atoms with Crippen LogP contribution in [0.3, 0.4) is 0 Å². The van der Waals surface area contributed by atoms with Gasteiger partial charge in [0.05, 0.1) is 5.69 Å². The van der Waals surface area contributed by atoms with Crippen molar-refractivity contribution in [2.24, 2.45) is 10.9 Å². The third-order valence-electron chi connectivity index (χ3n) is 3.10. The highest BCUT2D eigenvalue weighted by Crippen LogP contribution is 2.26. The van der Waals surface area contributed by atoms with E-state index in [2.05, 4.69) is 10.6 Å². The number of guanidine groups is 1. The molecule has 2 aromatic rings. The average molecular weight is 347 g/mol. The van der Waals surface area contributed by atoms with Crippen LogP contribution >= 0.6 is 0 Å². The molecule has 0 bridgehead atoms. The summed E-state index contributed by atoms with van der Waals surface area (Å²) in [5.74, 6) is -1.24. The van der Waals surface area contributed by atoms with E-state index in [4.69, 9.17) is 16.3 Å². The molecule has 0 spiro atoms. The van der Waals surface area contributed by atoms with E-state index in [-0.39, 0.29) is 16.1 Å².